The van der Waals surface area contributed by atoms with Gasteiger partial charge in [0.25, 0.3) is 0 Å². The highest BCUT2D eigenvalue weighted by molar-refractivity contribution is 5.77. The van der Waals surface area contributed by atoms with Gasteiger partial charge in [0.15, 0.2) is 17.5 Å². The summed E-state index contributed by atoms with van der Waals surface area (Å²) in [6.45, 7) is 5.12. The standard InChI is InChI=1S/C13H16F3NO2/c1-4-17(13(2,3)12(18)19)7-8-5-9(14)11(16)10(15)6-8/h5-6H,4,7H2,1-3H3,(H,18,19). The minimum absolute atomic E-state index is 0.0178. The van der Waals surface area contributed by atoms with Crippen LogP contribution in [-0.2, 0) is 11.3 Å². The van der Waals surface area contributed by atoms with E-state index in [1.54, 1.807) is 6.92 Å². The Balaban J connectivity index is 3.03. The molecule has 1 N–H and O–H groups in total. The molecule has 1 aromatic carbocycles. The van der Waals surface area contributed by atoms with Crippen molar-refractivity contribution in [2.45, 2.75) is 32.9 Å². The molecule has 0 aliphatic rings. The quantitative estimate of drug-likeness (QED) is 0.840. The van der Waals surface area contributed by atoms with Crippen molar-refractivity contribution in [2.75, 3.05) is 6.54 Å². The number of hydrogen-bond acceptors (Lipinski definition) is 2. The second-order valence-corrected chi connectivity index (χ2v) is 4.75. The van der Waals surface area contributed by atoms with E-state index < -0.39 is 29.0 Å². The molecule has 0 spiro atoms. The van der Waals surface area contributed by atoms with Gasteiger partial charge in [0.1, 0.15) is 5.54 Å². The largest absolute Gasteiger partial charge is 0.480 e. The summed E-state index contributed by atoms with van der Waals surface area (Å²) in [6.07, 6.45) is 0. The van der Waals surface area contributed by atoms with Crippen LogP contribution in [0.1, 0.15) is 26.3 Å². The van der Waals surface area contributed by atoms with Crippen LogP contribution >= 0.6 is 0 Å². The number of benzene rings is 1. The lowest BCUT2D eigenvalue weighted by atomic mass is 10.0. The van der Waals surface area contributed by atoms with E-state index in [1.165, 1.54) is 18.7 Å². The SMILES string of the molecule is CCN(Cc1cc(F)c(F)c(F)c1)C(C)(C)C(=O)O. The van der Waals surface area contributed by atoms with Crippen molar-refractivity contribution in [2.24, 2.45) is 0 Å². The maximum absolute atomic E-state index is 13.1. The monoisotopic (exact) mass is 275 g/mol. The molecule has 0 aliphatic carbocycles. The van der Waals surface area contributed by atoms with Crippen molar-refractivity contribution in [3.63, 3.8) is 0 Å². The number of likely N-dealkylation sites (N-methyl/N-ethyl adjacent to an activating group) is 1. The summed E-state index contributed by atoms with van der Waals surface area (Å²) >= 11 is 0. The number of carboxylic acids is 1. The first-order chi connectivity index (χ1) is 8.70. The van der Waals surface area contributed by atoms with Gasteiger partial charge in [-0.15, -0.1) is 0 Å². The third kappa shape index (κ3) is 3.26. The van der Waals surface area contributed by atoms with Crippen LogP contribution in [0.15, 0.2) is 12.1 Å². The number of aliphatic carboxylic acids is 1. The average molecular weight is 275 g/mol. The van der Waals surface area contributed by atoms with Crippen molar-refractivity contribution in [1.29, 1.82) is 0 Å². The Morgan fingerprint density at radius 1 is 1.26 bits per heavy atom. The summed E-state index contributed by atoms with van der Waals surface area (Å²) in [5.74, 6) is -5.12. The van der Waals surface area contributed by atoms with E-state index in [0.29, 0.717) is 6.54 Å². The minimum Gasteiger partial charge on any atom is -0.480 e. The fraction of sp³-hybridized carbons (Fsp3) is 0.462. The Kier molecular flexibility index (Phi) is 4.57. The molecule has 0 amide bonds. The molecule has 0 heterocycles. The lowest BCUT2D eigenvalue weighted by Crippen LogP contribution is -2.49. The first kappa shape index (κ1) is 15.5. The zero-order chi connectivity index (χ0) is 14.8. The highest BCUT2D eigenvalue weighted by atomic mass is 19.2. The lowest BCUT2D eigenvalue weighted by molar-refractivity contribution is -0.149. The zero-order valence-electron chi connectivity index (χ0n) is 11.0. The van der Waals surface area contributed by atoms with Crippen molar-refractivity contribution >= 4 is 5.97 Å². The van der Waals surface area contributed by atoms with E-state index in [0.717, 1.165) is 12.1 Å². The summed E-state index contributed by atoms with van der Waals surface area (Å²) in [5.41, 5.74) is -0.997. The molecule has 0 bridgehead atoms. The Morgan fingerprint density at radius 2 is 1.74 bits per heavy atom. The third-order valence-electron chi connectivity index (χ3n) is 3.11. The molecular formula is C13H16F3NO2. The second-order valence-electron chi connectivity index (χ2n) is 4.75. The van der Waals surface area contributed by atoms with Crippen LogP contribution in [0.5, 0.6) is 0 Å². The number of halogens is 3. The normalized spacial score (nSPS) is 11.9. The predicted molar refractivity (Wildman–Crippen MR) is 64.1 cm³/mol. The molecule has 3 nitrogen and oxygen atoms in total. The van der Waals surface area contributed by atoms with Gasteiger partial charge in [-0.05, 0) is 38.1 Å². The van der Waals surface area contributed by atoms with Crippen molar-refractivity contribution in [3.8, 4) is 0 Å². The molecule has 0 saturated carbocycles. The van der Waals surface area contributed by atoms with Crippen molar-refractivity contribution in [1.82, 2.24) is 4.90 Å². The first-order valence-corrected chi connectivity index (χ1v) is 5.82. The number of rotatable bonds is 5. The molecule has 19 heavy (non-hydrogen) atoms. The van der Waals surface area contributed by atoms with Gasteiger partial charge in [0, 0.05) is 6.54 Å². The van der Waals surface area contributed by atoms with Gasteiger partial charge in [-0.2, -0.15) is 0 Å². The van der Waals surface area contributed by atoms with Crippen LogP contribution in [0.2, 0.25) is 0 Å². The van der Waals surface area contributed by atoms with E-state index >= 15 is 0 Å². The summed E-state index contributed by atoms with van der Waals surface area (Å²) in [6, 6.07) is 1.75. The fourth-order valence-electron chi connectivity index (χ4n) is 1.76. The molecule has 0 aliphatic heterocycles. The number of hydrogen-bond donors (Lipinski definition) is 1. The first-order valence-electron chi connectivity index (χ1n) is 5.82. The van der Waals surface area contributed by atoms with Crippen LogP contribution < -0.4 is 0 Å². The number of carbonyl (C=O) groups is 1. The van der Waals surface area contributed by atoms with Gasteiger partial charge in [-0.1, -0.05) is 6.92 Å². The second kappa shape index (κ2) is 5.61. The molecule has 0 unspecified atom stereocenters. The summed E-state index contributed by atoms with van der Waals surface area (Å²) < 4.78 is 39.0. The summed E-state index contributed by atoms with van der Waals surface area (Å²) in [4.78, 5) is 12.7. The summed E-state index contributed by atoms with van der Waals surface area (Å²) in [5, 5.41) is 9.12. The van der Waals surface area contributed by atoms with E-state index in [9.17, 15) is 18.0 Å². The molecule has 6 heteroatoms. The van der Waals surface area contributed by atoms with E-state index in [-0.39, 0.29) is 12.1 Å². The summed E-state index contributed by atoms with van der Waals surface area (Å²) in [7, 11) is 0. The molecule has 0 saturated heterocycles. The number of carboxylic acid groups (broad SMARTS) is 1. The van der Waals surface area contributed by atoms with Gasteiger partial charge >= 0.3 is 5.97 Å². The molecular weight excluding hydrogens is 259 g/mol. The Hall–Kier alpha value is -1.56. The molecule has 0 fully saturated rings. The van der Waals surface area contributed by atoms with Crippen LogP contribution in [0.3, 0.4) is 0 Å². The molecule has 0 aromatic heterocycles. The van der Waals surface area contributed by atoms with Crippen molar-refractivity contribution in [3.05, 3.63) is 35.1 Å². The van der Waals surface area contributed by atoms with E-state index in [4.69, 9.17) is 5.11 Å². The molecule has 0 atom stereocenters. The van der Waals surface area contributed by atoms with Gasteiger partial charge in [0.05, 0.1) is 0 Å². The highest BCUT2D eigenvalue weighted by Gasteiger charge is 2.33. The maximum atomic E-state index is 13.1. The topological polar surface area (TPSA) is 40.5 Å². The average Bonchev–Trinajstić information content (AvgIpc) is 2.32. The molecule has 1 rings (SSSR count). The fourth-order valence-corrected chi connectivity index (χ4v) is 1.76. The van der Waals surface area contributed by atoms with E-state index in [1.807, 2.05) is 0 Å². The highest BCUT2D eigenvalue weighted by Crippen LogP contribution is 2.20. The predicted octanol–water partition coefficient (Wildman–Crippen LogP) is 2.79. The Labute approximate surface area is 109 Å². The van der Waals surface area contributed by atoms with Gasteiger partial charge in [-0.25, -0.2) is 13.2 Å². The van der Waals surface area contributed by atoms with E-state index in [2.05, 4.69) is 0 Å². The van der Waals surface area contributed by atoms with Crippen LogP contribution in [-0.4, -0.2) is 28.1 Å². The molecule has 1 aromatic rings. The molecule has 106 valence electrons. The van der Waals surface area contributed by atoms with Crippen molar-refractivity contribution < 1.29 is 23.1 Å². The van der Waals surface area contributed by atoms with Crippen LogP contribution in [0, 0.1) is 17.5 Å². The number of nitrogens with zero attached hydrogens (tertiary/aromatic N) is 1. The van der Waals surface area contributed by atoms with Crippen LogP contribution in [0.4, 0.5) is 13.2 Å². The van der Waals surface area contributed by atoms with Gasteiger partial charge in [0.2, 0.25) is 0 Å². The Bertz CT molecular complexity index is 466. The zero-order valence-corrected chi connectivity index (χ0v) is 11.0. The maximum Gasteiger partial charge on any atom is 0.323 e. The van der Waals surface area contributed by atoms with Gasteiger partial charge in [-0.3, -0.25) is 9.69 Å². The third-order valence-corrected chi connectivity index (χ3v) is 3.11. The molecule has 0 radical (unpaired) electrons. The van der Waals surface area contributed by atoms with Gasteiger partial charge < -0.3 is 5.11 Å². The smallest absolute Gasteiger partial charge is 0.323 e. The minimum atomic E-state index is -1.52. The van der Waals surface area contributed by atoms with Crippen LogP contribution in [0.25, 0.3) is 0 Å². The lowest BCUT2D eigenvalue weighted by Gasteiger charge is -2.34. The Morgan fingerprint density at radius 3 is 2.11 bits per heavy atom.